The molecule has 0 spiro atoms. The van der Waals surface area contributed by atoms with Crippen molar-refractivity contribution in [2.45, 2.75) is 25.1 Å². The average molecular weight is 373 g/mol. The van der Waals surface area contributed by atoms with E-state index in [2.05, 4.69) is 25.6 Å². The molecule has 0 saturated carbocycles. The van der Waals surface area contributed by atoms with Crippen molar-refractivity contribution < 1.29 is 18.3 Å². The van der Waals surface area contributed by atoms with Crippen molar-refractivity contribution in [1.29, 1.82) is 0 Å². The van der Waals surface area contributed by atoms with Crippen molar-refractivity contribution >= 4 is 5.95 Å². The monoisotopic (exact) mass is 373 g/mol. The van der Waals surface area contributed by atoms with Gasteiger partial charge in [-0.2, -0.15) is 8.78 Å². The second-order valence-corrected chi connectivity index (χ2v) is 6.12. The van der Waals surface area contributed by atoms with Crippen LogP contribution in [0, 0.1) is 0 Å². The number of ether oxygens (including phenoxy) is 2. The van der Waals surface area contributed by atoms with Crippen molar-refractivity contribution in [3.63, 3.8) is 0 Å². The molecule has 0 unspecified atom stereocenters. The van der Waals surface area contributed by atoms with Crippen LogP contribution < -0.4 is 14.8 Å². The first-order valence-electron chi connectivity index (χ1n) is 8.37. The topological polar surface area (TPSA) is 74.1 Å². The Bertz CT molecular complexity index is 916. The first-order chi connectivity index (χ1) is 13.1. The van der Waals surface area contributed by atoms with E-state index in [1.807, 2.05) is 24.3 Å². The van der Waals surface area contributed by atoms with Gasteiger partial charge in [-0.25, -0.2) is 4.68 Å². The number of fused-ring (bicyclic) bond motifs is 1. The van der Waals surface area contributed by atoms with Gasteiger partial charge in [-0.3, -0.25) is 0 Å². The zero-order valence-corrected chi connectivity index (χ0v) is 14.4. The van der Waals surface area contributed by atoms with Crippen molar-refractivity contribution in [2.75, 3.05) is 12.4 Å². The van der Waals surface area contributed by atoms with E-state index < -0.39 is 6.61 Å². The lowest BCUT2D eigenvalue weighted by molar-refractivity contribution is -0.0498. The molecule has 140 valence electrons. The van der Waals surface area contributed by atoms with Crippen LogP contribution in [0.3, 0.4) is 0 Å². The lowest BCUT2D eigenvalue weighted by Gasteiger charge is -2.31. The maximum absolute atomic E-state index is 12.4. The van der Waals surface area contributed by atoms with Crippen LogP contribution in [0.25, 0.3) is 0 Å². The second-order valence-electron chi connectivity index (χ2n) is 6.12. The van der Waals surface area contributed by atoms with Gasteiger partial charge in [0.05, 0.1) is 19.2 Å². The third-order valence-electron chi connectivity index (χ3n) is 4.54. The summed E-state index contributed by atoms with van der Waals surface area (Å²) in [5, 5.41) is 15.2. The zero-order valence-electron chi connectivity index (χ0n) is 14.4. The fourth-order valence-electron chi connectivity index (χ4n) is 3.26. The number of halogens is 2. The summed E-state index contributed by atoms with van der Waals surface area (Å²) in [6, 6.07) is 14.2. The fraction of sp³-hybridized carbons (Fsp3) is 0.278. The minimum absolute atomic E-state index is 0.0272. The Morgan fingerprint density at radius 3 is 2.67 bits per heavy atom. The molecule has 0 fully saturated rings. The molecule has 0 saturated heterocycles. The zero-order chi connectivity index (χ0) is 18.8. The highest BCUT2D eigenvalue weighted by atomic mass is 19.3. The predicted molar refractivity (Wildman–Crippen MR) is 93.0 cm³/mol. The molecule has 1 N–H and O–H groups in total. The quantitative estimate of drug-likeness (QED) is 0.739. The number of hydrogen-bond acceptors (Lipinski definition) is 6. The largest absolute Gasteiger partial charge is 0.497 e. The van der Waals surface area contributed by atoms with Gasteiger partial charge in [0.2, 0.25) is 5.95 Å². The molecule has 1 aliphatic rings. The van der Waals surface area contributed by atoms with Crippen LogP contribution in [0.15, 0.2) is 48.5 Å². The summed E-state index contributed by atoms with van der Waals surface area (Å²) in [7, 11) is 1.62. The molecule has 2 heterocycles. The van der Waals surface area contributed by atoms with Crippen molar-refractivity contribution in [1.82, 2.24) is 20.2 Å². The normalized spacial score (nSPS) is 18.7. The molecule has 1 aliphatic heterocycles. The summed E-state index contributed by atoms with van der Waals surface area (Å²) in [5.41, 5.74) is 1.95. The molecular weight excluding hydrogens is 356 g/mol. The van der Waals surface area contributed by atoms with E-state index in [0.717, 1.165) is 16.9 Å². The van der Waals surface area contributed by atoms with Gasteiger partial charge in [-0.05, 0) is 52.2 Å². The van der Waals surface area contributed by atoms with Gasteiger partial charge in [0.25, 0.3) is 0 Å². The van der Waals surface area contributed by atoms with Gasteiger partial charge in [0.1, 0.15) is 11.5 Å². The summed E-state index contributed by atoms with van der Waals surface area (Å²) < 4.78 is 36.1. The number of hydrogen-bond donors (Lipinski definition) is 1. The summed E-state index contributed by atoms with van der Waals surface area (Å²) in [6.45, 7) is -2.85. The first kappa shape index (κ1) is 17.2. The number of tetrazole rings is 1. The van der Waals surface area contributed by atoms with Crippen LogP contribution in [0.2, 0.25) is 0 Å². The van der Waals surface area contributed by atoms with E-state index in [1.165, 1.54) is 12.1 Å². The molecule has 1 aromatic heterocycles. The van der Waals surface area contributed by atoms with E-state index in [9.17, 15) is 8.78 Å². The standard InChI is InChI=1S/C18H17F2N5O2/c1-26-14-4-2-3-12(9-14)15-10-16(25-18(21-15)22-23-24-25)11-5-7-13(8-6-11)27-17(19)20/h2-9,15-17H,10H2,1H3,(H,21,22,24)/t15-,16-/m0/s1. The molecule has 2 aromatic carbocycles. The molecule has 7 nitrogen and oxygen atoms in total. The molecule has 0 aliphatic carbocycles. The minimum atomic E-state index is -2.85. The van der Waals surface area contributed by atoms with Gasteiger partial charge >= 0.3 is 6.61 Å². The first-order valence-corrected chi connectivity index (χ1v) is 8.37. The van der Waals surface area contributed by atoms with Crippen molar-refractivity contribution in [2.24, 2.45) is 0 Å². The maximum Gasteiger partial charge on any atom is 0.387 e. The summed E-state index contributed by atoms with van der Waals surface area (Å²) in [6.07, 6.45) is 0.681. The summed E-state index contributed by atoms with van der Waals surface area (Å²) >= 11 is 0. The number of rotatable bonds is 5. The lowest BCUT2D eigenvalue weighted by atomic mass is 9.93. The average Bonchev–Trinajstić information content (AvgIpc) is 3.16. The van der Waals surface area contributed by atoms with Crippen LogP contribution >= 0.6 is 0 Å². The predicted octanol–water partition coefficient (Wildman–Crippen LogP) is 3.43. The van der Waals surface area contributed by atoms with Crippen molar-refractivity contribution in [3.05, 3.63) is 59.7 Å². The highest BCUT2D eigenvalue weighted by Crippen LogP contribution is 2.38. The van der Waals surface area contributed by atoms with Crippen LogP contribution in [-0.4, -0.2) is 33.9 Å². The number of aromatic nitrogens is 4. The molecular formula is C18H17F2N5O2. The van der Waals surface area contributed by atoms with Crippen LogP contribution in [0.1, 0.15) is 29.6 Å². The number of alkyl halides is 2. The van der Waals surface area contributed by atoms with E-state index in [1.54, 1.807) is 23.9 Å². The Kier molecular flexibility index (Phi) is 4.57. The molecule has 4 rings (SSSR count). The number of methoxy groups -OCH3 is 1. The van der Waals surface area contributed by atoms with Crippen molar-refractivity contribution in [3.8, 4) is 11.5 Å². The minimum Gasteiger partial charge on any atom is -0.497 e. The number of nitrogens with one attached hydrogen (secondary N) is 1. The number of benzene rings is 2. The van der Waals surface area contributed by atoms with Gasteiger partial charge < -0.3 is 14.8 Å². The smallest absolute Gasteiger partial charge is 0.387 e. The number of nitrogens with zero attached hydrogens (tertiary/aromatic N) is 4. The maximum atomic E-state index is 12.4. The second kappa shape index (κ2) is 7.18. The molecule has 0 radical (unpaired) electrons. The van der Waals surface area contributed by atoms with Gasteiger partial charge in [-0.15, -0.1) is 0 Å². The lowest BCUT2D eigenvalue weighted by Crippen LogP contribution is -2.28. The Hall–Kier alpha value is -3.23. The SMILES string of the molecule is COc1cccc([C@@H]2C[C@@H](c3ccc(OC(F)F)cc3)n3nnnc3N2)c1. The molecule has 27 heavy (non-hydrogen) atoms. The summed E-state index contributed by atoms with van der Waals surface area (Å²) in [5.74, 6) is 1.43. The Morgan fingerprint density at radius 2 is 1.93 bits per heavy atom. The number of anilines is 1. The van der Waals surface area contributed by atoms with Gasteiger partial charge in [0, 0.05) is 0 Å². The fourth-order valence-corrected chi connectivity index (χ4v) is 3.26. The highest BCUT2D eigenvalue weighted by Gasteiger charge is 2.30. The Morgan fingerprint density at radius 1 is 1.11 bits per heavy atom. The van der Waals surface area contributed by atoms with Crippen LogP contribution in [0.4, 0.5) is 14.7 Å². The van der Waals surface area contributed by atoms with Gasteiger partial charge in [-0.1, -0.05) is 29.4 Å². The highest BCUT2D eigenvalue weighted by molar-refractivity contribution is 5.40. The molecule has 9 heteroatoms. The third kappa shape index (κ3) is 3.53. The van der Waals surface area contributed by atoms with Crippen LogP contribution in [-0.2, 0) is 0 Å². The molecule has 0 amide bonds. The molecule has 2 atom stereocenters. The Balaban J connectivity index is 1.64. The van der Waals surface area contributed by atoms with E-state index >= 15 is 0 Å². The van der Waals surface area contributed by atoms with E-state index in [-0.39, 0.29) is 17.8 Å². The molecule has 0 bridgehead atoms. The van der Waals surface area contributed by atoms with E-state index in [0.29, 0.717) is 12.4 Å². The Labute approximate surface area is 153 Å². The van der Waals surface area contributed by atoms with Gasteiger partial charge in [0.15, 0.2) is 0 Å². The third-order valence-corrected chi connectivity index (χ3v) is 4.54. The summed E-state index contributed by atoms with van der Waals surface area (Å²) in [4.78, 5) is 0. The van der Waals surface area contributed by atoms with E-state index in [4.69, 9.17) is 4.74 Å². The van der Waals surface area contributed by atoms with Crippen LogP contribution in [0.5, 0.6) is 11.5 Å². The molecule has 3 aromatic rings.